The SMILES string of the molecule is CCN(CC1CC1)c1cc(Cl)nc(SC)n1. The van der Waals surface area contributed by atoms with Gasteiger partial charge in [-0.05, 0) is 31.9 Å². The standard InChI is InChI=1S/C11H16ClN3S/c1-3-15(7-8-4-5-8)10-6-9(12)13-11(14-10)16-2/h6,8H,3-5,7H2,1-2H3. The van der Waals surface area contributed by atoms with Gasteiger partial charge in [0.05, 0.1) is 0 Å². The minimum Gasteiger partial charge on any atom is -0.356 e. The van der Waals surface area contributed by atoms with Crippen LogP contribution in [0.4, 0.5) is 5.82 Å². The van der Waals surface area contributed by atoms with Crippen molar-refractivity contribution in [3.8, 4) is 0 Å². The summed E-state index contributed by atoms with van der Waals surface area (Å²) in [6.45, 7) is 4.21. The molecule has 0 aliphatic heterocycles. The molecule has 0 aromatic carbocycles. The Kier molecular flexibility index (Phi) is 3.92. The third-order valence-electron chi connectivity index (χ3n) is 2.72. The van der Waals surface area contributed by atoms with Gasteiger partial charge in [0.1, 0.15) is 11.0 Å². The van der Waals surface area contributed by atoms with Crippen LogP contribution < -0.4 is 4.90 Å². The molecule has 16 heavy (non-hydrogen) atoms. The van der Waals surface area contributed by atoms with E-state index in [1.54, 1.807) is 0 Å². The summed E-state index contributed by atoms with van der Waals surface area (Å²) in [5.41, 5.74) is 0. The Hall–Kier alpha value is -0.480. The molecule has 1 aliphatic carbocycles. The molecule has 2 rings (SSSR count). The van der Waals surface area contributed by atoms with E-state index in [2.05, 4.69) is 21.8 Å². The van der Waals surface area contributed by atoms with Gasteiger partial charge in [-0.15, -0.1) is 0 Å². The zero-order valence-corrected chi connectivity index (χ0v) is 11.2. The monoisotopic (exact) mass is 257 g/mol. The Bertz CT molecular complexity index is 368. The smallest absolute Gasteiger partial charge is 0.190 e. The van der Waals surface area contributed by atoms with Gasteiger partial charge < -0.3 is 4.90 Å². The Labute approximate surface area is 106 Å². The number of rotatable bonds is 5. The summed E-state index contributed by atoms with van der Waals surface area (Å²) in [6.07, 6.45) is 4.67. The fraction of sp³-hybridized carbons (Fsp3) is 0.636. The van der Waals surface area contributed by atoms with Crippen LogP contribution in [0, 0.1) is 5.92 Å². The second-order valence-electron chi connectivity index (χ2n) is 4.02. The molecule has 0 unspecified atom stereocenters. The first-order chi connectivity index (χ1) is 7.72. The number of hydrogen-bond acceptors (Lipinski definition) is 4. The Morgan fingerprint density at radius 1 is 1.50 bits per heavy atom. The second kappa shape index (κ2) is 5.23. The Balaban J connectivity index is 2.17. The van der Waals surface area contributed by atoms with E-state index >= 15 is 0 Å². The molecule has 0 N–H and O–H groups in total. The summed E-state index contributed by atoms with van der Waals surface area (Å²) in [5, 5.41) is 1.28. The summed E-state index contributed by atoms with van der Waals surface area (Å²) in [5.74, 6) is 1.81. The molecule has 0 radical (unpaired) electrons. The third-order valence-corrected chi connectivity index (χ3v) is 3.47. The summed E-state index contributed by atoms with van der Waals surface area (Å²) in [6, 6.07) is 1.85. The fourth-order valence-electron chi connectivity index (χ4n) is 1.64. The molecule has 5 heteroatoms. The summed E-state index contributed by atoms with van der Waals surface area (Å²) < 4.78 is 0. The van der Waals surface area contributed by atoms with Crippen molar-refractivity contribution in [1.82, 2.24) is 9.97 Å². The van der Waals surface area contributed by atoms with E-state index in [0.29, 0.717) is 5.15 Å². The number of anilines is 1. The zero-order valence-electron chi connectivity index (χ0n) is 9.61. The molecule has 1 aromatic rings. The highest BCUT2D eigenvalue weighted by molar-refractivity contribution is 7.98. The molecule has 0 bridgehead atoms. The lowest BCUT2D eigenvalue weighted by Gasteiger charge is -2.22. The van der Waals surface area contributed by atoms with Crippen molar-refractivity contribution in [2.45, 2.75) is 24.9 Å². The van der Waals surface area contributed by atoms with Crippen LogP contribution in [0.2, 0.25) is 5.15 Å². The number of hydrogen-bond donors (Lipinski definition) is 0. The summed E-state index contributed by atoms with van der Waals surface area (Å²) >= 11 is 7.52. The van der Waals surface area contributed by atoms with E-state index in [0.717, 1.165) is 30.0 Å². The van der Waals surface area contributed by atoms with Gasteiger partial charge in [0.15, 0.2) is 5.16 Å². The van der Waals surface area contributed by atoms with Gasteiger partial charge in [-0.2, -0.15) is 0 Å². The largest absolute Gasteiger partial charge is 0.356 e. The van der Waals surface area contributed by atoms with E-state index in [4.69, 9.17) is 11.6 Å². The second-order valence-corrected chi connectivity index (χ2v) is 5.18. The van der Waals surface area contributed by atoms with Crippen molar-refractivity contribution in [3.63, 3.8) is 0 Å². The van der Waals surface area contributed by atoms with Crippen LogP contribution in [0.25, 0.3) is 0 Å². The van der Waals surface area contributed by atoms with Crippen molar-refractivity contribution in [3.05, 3.63) is 11.2 Å². The lowest BCUT2D eigenvalue weighted by atomic mass is 10.3. The van der Waals surface area contributed by atoms with Gasteiger partial charge in [0, 0.05) is 19.2 Å². The number of aromatic nitrogens is 2. The van der Waals surface area contributed by atoms with E-state index in [9.17, 15) is 0 Å². The zero-order chi connectivity index (χ0) is 11.5. The third kappa shape index (κ3) is 3.01. The van der Waals surface area contributed by atoms with E-state index < -0.39 is 0 Å². The van der Waals surface area contributed by atoms with Crippen molar-refractivity contribution in [1.29, 1.82) is 0 Å². The lowest BCUT2D eigenvalue weighted by Crippen LogP contribution is -2.26. The predicted molar refractivity (Wildman–Crippen MR) is 69.4 cm³/mol. The van der Waals surface area contributed by atoms with Crippen LogP contribution in [0.3, 0.4) is 0 Å². The summed E-state index contributed by atoms with van der Waals surface area (Å²) in [7, 11) is 0. The van der Waals surface area contributed by atoms with E-state index in [-0.39, 0.29) is 0 Å². The maximum absolute atomic E-state index is 5.99. The molecule has 0 amide bonds. The molecule has 1 saturated carbocycles. The van der Waals surface area contributed by atoms with Crippen LogP contribution in [-0.2, 0) is 0 Å². The van der Waals surface area contributed by atoms with Gasteiger partial charge in [0.25, 0.3) is 0 Å². The number of thioether (sulfide) groups is 1. The van der Waals surface area contributed by atoms with Crippen molar-refractivity contribution >= 4 is 29.2 Å². The molecule has 0 saturated heterocycles. The normalized spacial score (nSPS) is 15.2. The van der Waals surface area contributed by atoms with Crippen LogP contribution >= 0.6 is 23.4 Å². The highest BCUT2D eigenvalue weighted by Crippen LogP contribution is 2.31. The molecule has 1 fully saturated rings. The highest BCUT2D eigenvalue weighted by atomic mass is 35.5. The molecule has 1 aromatic heterocycles. The van der Waals surface area contributed by atoms with Gasteiger partial charge in [0.2, 0.25) is 0 Å². The Morgan fingerprint density at radius 2 is 2.25 bits per heavy atom. The van der Waals surface area contributed by atoms with Crippen molar-refractivity contribution < 1.29 is 0 Å². The highest BCUT2D eigenvalue weighted by Gasteiger charge is 2.24. The minimum absolute atomic E-state index is 0.531. The number of nitrogens with zero attached hydrogens (tertiary/aromatic N) is 3. The molecule has 0 atom stereocenters. The van der Waals surface area contributed by atoms with Gasteiger partial charge in [-0.3, -0.25) is 0 Å². The predicted octanol–water partition coefficient (Wildman–Crippen LogP) is 3.09. The average Bonchev–Trinajstić information content (AvgIpc) is 3.08. The number of halogens is 1. The van der Waals surface area contributed by atoms with E-state index in [1.807, 2.05) is 12.3 Å². The van der Waals surface area contributed by atoms with E-state index in [1.165, 1.54) is 24.6 Å². The van der Waals surface area contributed by atoms with Crippen LogP contribution in [-0.4, -0.2) is 29.3 Å². The minimum atomic E-state index is 0.531. The quantitative estimate of drug-likeness (QED) is 0.461. The maximum Gasteiger partial charge on any atom is 0.190 e. The van der Waals surface area contributed by atoms with Crippen LogP contribution in [0.15, 0.2) is 11.2 Å². The molecule has 3 nitrogen and oxygen atoms in total. The molecule has 1 aliphatic rings. The Morgan fingerprint density at radius 3 is 2.81 bits per heavy atom. The van der Waals surface area contributed by atoms with Gasteiger partial charge in [-0.25, -0.2) is 9.97 Å². The van der Waals surface area contributed by atoms with Crippen molar-refractivity contribution in [2.75, 3.05) is 24.2 Å². The summed E-state index contributed by atoms with van der Waals surface area (Å²) in [4.78, 5) is 10.9. The first-order valence-corrected chi connectivity index (χ1v) is 7.16. The van der Waals surface area contributed by atoms with Crippen LogP contribution in [0.5, 0.6) is 0 Å². The molecular formula is C11H16ClN3S. The van der Waals surface area contributed by atoms with Gasteiger partial charge >= 0.3 is 0 Å². The first kappa shape index (κ1) is 12.0. The molecule has 0 spiro atoms. The topological polar surface area (TPSA) is 29.0 Å². The van der Waals surface area contributed by atoms with Crippen LogP contribution in [0.1, 0.15) is 19.8 Å². The van der Waals surface area contributed by atoms with Gasteiger partial charge in [-0.1, -0.05) is 23.4 Å². The fourth-order valence-corrected chi connectivity index (χ4v) is 2.24. The molecule has 1 heterocycles. The lowest BCUT2D eigenvalue weighted by molar-refractivity contribution is 0.723. The maximum atomic E-state index is 5.99. The average molecular weight is 258 g/mol. The van der Waals surface area contributed by atoms with Crippen molar-refractivity contribution in [2.24, 2.45) is 5.92 Å². The molecule has 88 valence electrons. The molecular weight excluding hydrogens is 242 g/mol. The first-order valence-electron chi connectivity index (χ1n) is 5.56.